The van der Waals surface area contributed by atoms with Gasteiger partial charge in [-0.25, -0.2) is 4.79 Å². The first kappa shape index (κ1) is 31.2. The highest BCUT2D eigenvalue weighted by atomic mass is 16.5. The average molecular weight is 633 g/mol. The van der Waals surface area contributed by atoms with Crippen molar-refractivity contribution in [3.8, 4) is 11.5 Å². The van der Waals surface area contributed by atoms with Gasteiger partial charge in [0.25, 0.3) is 5.91 Å². The highest BCUT2D eigenvalue weighted by Gasteiger charge is 2.25. The molecule has 0 atom stereocenters. The minimum Gasteiger partial charge on any atom is -0.497 e. The number of amides is 3. The van der Waals surface area contributed by atoms with Crippen molar-refractivity contribution in [2.45, 2.75) is 0 Å². The highest BCUT2D eigenvalue weighted by Crippen LogP contribution is 2.33. The summed E-state index contributed by atoms with van der Waals surface area (Å²) in [5.74, 6) is 0.558. The number of ketones is 1. The van der Waals surface area contributed by atoms with Crippen LogP contribution in [0.1, 0.15) is 21.5 Å². The van der Waals surface area contributed by atoms with E-state index in [0.717, 1.165) is 31.9 Å². The second-order valence-electron chi connectivity index (χ2n) is 11.3. The SMILES string of the molecule is COc1cc(NC(=O)Nc2cccc(C(=O)c3ccc4c(c3)NC(=O)C4=CNc3ccc(N4CCN(C)CC4)cc3)c2)cc(OC)c1. The Bertz CT molecular complexity index is 1830. The van der Waals surface area contributed by atoms with Crippen LogP contribution < -0.4 is 35.6 Å². The van der Waals surface area contributed by atoms with Gasteiger partial charge in [0, 0.05) is 95.7 Å². The first-order valence-corrected chi connectivity index (χ1v) is 15.2. The number of nitrogens with one attached hydrogen (secondary N) is 4. The highest BCUT2D eigenvalue weighted by molar-refractivity contribution is 6.32. The Kier molecular flexibility index (Phi) is 9.07. The van der Waals surface area contributed by atoms with E-state index in [9.17, 15) is 14.4 Å². The zero-order chi connectivity index (χ0) is 32.9. The summed E-state index contributed by atoms with van der Waals surface area (Å²) in [5, 5.41) is 11.6. The van der Waals surface area contributed by atoms with Crippen molar-refractivity contribution in [1.29, 1.82) is 0 Å². The maximum absolute atomic E-state index is 13.4. The summed E-state index contributed by atoms with van der Waals surface area (Å²) in [6.45, 7) is 4.07. The fourth-order valence-electron chi connectivity index (χ4n) is 5.55. The number of benzene rings is 4. The molecule has 47 heavy (non-hydrogen) atoms. The Morgan fingerprint density at radius 1 is 0.766 bits per heavy atom. The van der Waals surface area contributed by atoms with Crippen LogP contribution in [0, 0.1) is 0 Å². The number of nitrogens with zero attached hydrogens (tertiary/aromatic N) is 2. The minimum absolute atomic E-state index is 0.250. The maximum atomic E-state index is 13.4. The molecule has 11 heteroatoms. The molecule has 4 aromatic rings. The van der Waals surface area contributed by atoms with Gasteiger partial charge < -0.3 is 40.5 Å². The van der Waals surface area contributed by atoms with Crippen LogP contribution in [0.2, 0.25) is 0 Å². The second-order valence-corrected chi connectivity index (χ2v) is 11.3. The summed E-state index contributed by atoms with van der Waals surface area (Å²) in [4.78, 5) is 43.7. The molecule has 1 saturated heterocycles. The molecule has 240 valence electrons. The number of hydrogen-bond donors (Lipinski definition) is 4. The predicted octanol–water partition coefficient (Wildman–Crippen LogP) is 5.74. The van der Waals surface area contributed by atoms with Crippen LogP contribution in [-0.2, 0) is 4.79 Å². The first-order chi connectivity index (χ1) is 22.8. The Hall–Kier alpha value is -5.81. The molecule has 2 aliphatic rings. The molecule has 11 nitrogen and oxygen atoms in total. The van der Waals surface area contributed by atoms with E-state index in [-0.39, 0.29) is 11.7 Å². The fourth-order valence-corrected chi connectivity index (χ4v) is 5.55. The van der Waals surface area contributed by atoms with Crippen molar-refractivity contribution in [3.63, 3.8) is 0 Å². The van der Waals surface area contributed by atoms with Crippen molar-refractivity contribution >= 4 is 51.7 Å². The maximum Gasteiger partial charge on any atom is 0.323 e. The Morgan fingerprint density at radius 2 is 1.45 bits per heavy atom. The molecule has 2 heterocycles. The topological polar surface area (TPSA) is 124 Å². The van der Waals surface area contributed by atoms with Gasteiger partial charge in [0.15, 0.2) is 5.78 Å². The molecule has 0 unspecified atom stereocenters. The normalized spacial score (nSPS) is 15.1. The molecule has 0 radical (unpaired) electrons. The molecule has 0 aliphatic carbocycles. The summed E-state index contributed by atoms with van der Waals surface area (Å²) >= 11 is 0. The van der Waals surface area contributed by atoms with Crippen molar-refractivity contribution in [2.24, 2.45) is 0 Å². The lowest BCUT2D eigenvalue weighted by Gasteiger charge is -2.34. The van der Waals surface area contributed by atoms with E-state index in [4.69, 9.17) is 9.47 Å². The molecule has 2 aliphatic heterocycles. The van der Waals surface area contributed by atoms with Gasteiger partial charge in [-0.2, -0.15) is 0 Å². The van der Waals surface area contributed by atoms with E-state index < -0.39 is 6.03 Å². The molecule has 6 rings (SSSR count). The van der Waals surface area contributed by atoms with Crippen LogP contribution in [-0.4, -0.2) is 70.1 Å². The van der Waals surface area contributed by atoms with Gasteiger partial charge in [-0.05, 0) is 49.5 Å². The fraction of sp³-hybridized carbons (Fsp3) is 0.194. The molecule has 4 aromatic carbocycles. The average Bonchev–Trinajstić information content (AvgIpc) is 3.41. The predicted molar refractivity (Wildman–Crippen MR) is 185 cm³/mol. The summed E-state index contributed by atoms with van der Waals surface area (Å²) in [6, 6.07) is 24.5. The zero-order valence-electron chi connectivity index (χ0n) is 26.4. The van der Waals surface area contributed by atoms with Crippen LogP contribution in [0.4, 0.5) is 33.2 Å². The van der Waals surface area contributed by atoms with Gasteiger partial charge in [0.1, 0.15) is 11.5 Å². The Labute approximate surface area is 273 Å². The Balaban J connectivity index is 1.11. The van der Waals surface area contributed by atoms with Gasteiger partial charge in [-0.1, -0.05) is 24.3 Å². The number of methoxy groups -OCH3 is 2. The van der Waals surface area contributed by atoms with Crippen molar-refractivity contribution < 1.29 is 23.9 Å². The number of piperazine rings is 1. The standard InChI is InChI=1S/C36H36N6O5/c1-41-13-15-42(16-14-41)28-10-8-25(9-11-28)37-22-32-31-12-7-24(18-33(31)40-35(32)44)34(43)23-5-4-6-26(17-23)38-36(45)39-27-19-29(46-2)21-30(20-27)47-3/h4-12,17-22,37H,13-16H2,1-3H3,(H,40,44)(H2,38,39,45). The van der Waals surface area contributed by atoms with E-state index in [0.29, 0.717) is 50.8 Å². The molecule has 4 N–H and O–H groups in total. The number of likely N-dealkylation sites (N-methyl/N-ethyl adjacent to an activating group) is 1. The number of carbonyl (C=O) groups is 3. The monoisotopic (exact) mass is 632 g/mol. The van der Waals surface area contributed by atoms with Crippen LogP contribution in [0.3, 0.4) is 0 Å². The number of fused-ring (bicyclic) bond motifs is 1. The van der Waals surface area contributed by atoms with E-state index in [1.54, 1.807) is 66.9 Å². The third-order valence-corrected chi connectivity index (χ3v) is 8.18. The van der Waals surface area contributed by atoms with Crippen LogP contribution in [0.5, 0.6) is 11.5 Å². The lowest BCUT2D eigenvalue weighted by atomic mass is 9.99. The summed E-state index contributed by atoms with van der Waals surface area (Å²) < 4.78 is 10.5. The quantitative estimate of drug-likeness (QED) is 0.136. The Morgan fingerprint density at radius 3 is 2.15 bits per heavy atom. The van der Waals surface area contributed by atoms with Crippen LogP contribution in [0.15, 0.2) is 91.1 Å². The molecule has 0 aromatic heterocycles. The molecular weight excluding hydrogens is 596 g/mol. The summed E-state index contributed by atoms with van der Waals surface area (Å²) in [6.07, 6.45) is 1.69. The lowest BCUT2D eigenvalue weighted by molar-refractivity contribution is -0.110. The summed E-state index contributed by atoms with van der Waals surface area (Å²) in [5.41, 5.74) is 5.49. The number of anilines is 5. The van der Waals surface area contributed by atoms with E-state index in [2.05, 4.69) is 50.2 Å². The van der Waals surface area contributed by atoms with Gasteiger partial charge in [-0.15, -0.1) is 0 Å². The number of ether oxygens (including phenoxy) is 2. The molecular formula is C36H36N6O5. The number of hydrogen-bond acceptors (Lipinski definition) is 8. The first-order valence-electron chi connectivity index (χ1n) is 15.2. The molecule has 0 bridgehead atoms. The largest absolute Gasteiger partial charge is 0.497 e. The third kappa shape index (κ3) is 7.21. The number of urea groups is 1. The number of rotatable bonds is 9. The molecule has 3 amide bonds. The van der Waals surface area contributed by atoms with Gasteiger partial charge in [0.2, 0.25) is 0 Å². The van der Waals surface area contributed by atoms with Gasteiger partial charge in [0.05, 0.1) is 19.8 Å². The van der Waals surface area contributed by atoms with Crippen molar-refractivity contribution in [2.75, 3.05) is 73.6 Å². The smallest absolute Gasteiger partial charge is 0.323 e. The summed E-state index contributed by atoms with van der Waals surface area (Å²) in [7, 11) is 5.19. The van der Waals surface area contributed by atoms with Crippen LogP contribution >= 0.6 is 0 Å². The second kappa shape index (κ2) is 13.7. The molecule has 0 saturated carbocycles. The van der Waals surface area contributed by atoms with E-state index in [1.807, 2.05) is 12.1 Å². The van der Waals surface area contributed by atoms with Crippen molar-refractivity contribution in [3.05, 3.63) is 108 Å². The van der Waals surface area contributed by atoms with E-state index in [1.165, 1.54) is 19.9 Å². The van der Waals surface area contributed by atoms with Gasteiger partial charge in [-0.3, -0.25) is 9.59 Å². The minimum atomic E-state index is -0.496. The molecule has 0 spiro atoms. The zero-order valence-corrected chi connectivity index (χ0v) is 26.4. The van der Waals surface area contributed by atoms with Crippen LogP contribution in [0.25, 0.3) is 5.57 Å². The lowest BCUT2D eigenvalue weighted by Crippen LogP contribution is -2.44. The molecule has 1 fully saturated rings. The number of carbonyl (C=O) groups excluding carboxylic acids is 3. The van der Waals surface area contributed by atoms with Gasteiger partial charge >= 0.3 is 6.03 Å². The third-order valence-electron chi connectivity index (χ3n) is 8.18. The van der Waals surface area contributed by atoms with Crippen molar-refractivity contribution in [1.82, 2.24) is 4.90 Å². The van der Waals surface area contributed by atoms with E-state index >= 15 is 0 Å².